The van der Waals surface area contributed by atoms with Gasteiger partial charge in [-0.3, -0.25) is 10.1 Å². The van der Waals surface area contributed by atoms with Gasteiger partial charge >= 0.3 is 0 Å². The number of amides is 1. The van der Waals surface area contributed by atoms with E-state index in [1.807, 2.05) is 24.3 Å². The molecule has 1 amide bonds. The van der Waals surface area contributed by atoms with Crippen LogP contribution in [0.5, 0.6) is 0 Å². The molecule has 2 rings (SSSR count). The molecular formula is C13H14N4O. The van der Waals surface area contributed by atoms with Crippen LogP contribution in [0.1, 0.15) is 18.1 Å². The van der Waals surface area contributed by atoms with Crippen molar-refractivity contribution in [2.24, 2.45) is 0 Å². The van der Waals surface area contributed by atoms with Crippen LogP contribution in [0.15, 0.2) is 37.2 Å². The first kappa shape index (κ1) is 12.0. The summed E-state index contributed by atoms with van der Waals surface area (Å²) in [6.45, 7) is 5.71. The molecule has 18 heavy (non-hydrogen) atoms. The first-order valence-electron chi connectivity index (χ1n) is 5.56. The van der Waals surface area contributed by atoms with Crippen LogP contribution in [0.25, 0.3) is 6.08 Å². The second-order valence-corrected chi connectivity index (χ2v) is 3.87. The summed E-state index contributed by atoms with van der Waals surface area (Å²) < 4.78 is 1.64. The van der Waals surface area contributed by atoms with Crippen LogP contribution in [0, 0.1) is 0 Å². The average Bonchev–Trinajstić information content (AvgIpc) is 2.77. The van der Waals surface area contributed by atoms with E-state index >= 15 is 0 Å². The van der Waals surface area contributed by atoms with Crippen molar-refractivity contribution in [3.8, 4) is 0 Å². The van der Waals surface area contributed by atoms with Crippen molar-refractivity contribution in [3.05, 3.63) is 48.3 Å². The Morgan fingerprint density at radius 1 is 1.44 bits per heavy atom. The van der Waals surface area contributed by atoms with E-state index in [2.05, 4.69) is 22.0 Å². The fourth-order valence-corrected chi connectivity index (χ4v) is 1.57. The van der Waals surface area contributed by atoms with Crippen molar-refractivity contribution >= 4 is 17.9 Å². The van der Waals surface area contributed by atoms with Gasteiger partial charge in [-0.05, 0) is 11.1 Å². The lowest BCUT2D eigenvalue weighted by molar-refractivity contribution is -0.114. The van der Waals surface area contributed by atoms with E-state index in [-0.39, 0.29) is 5.91 Å². The highest BCUT2D eigenvalue weighted by Gasteiger charge is 2.06. The topological polar surface area (TPSA) is 59.8 Å². The lowest BCUT2D eigenvalue weighted by Crippen LogP contribution is -2.13. The number of anilines is 1. The minimum Gasteiger partial charge on any atom is -0.295 e. The third-order valence-electron chi connectivity index (χ3n) is 2.45. The second kappa shape index (κ2) is 5.27. The molecule has 1 N–H and O–H groups in total. The van der Waals surface area contributed by atoms with Gasteiger partial charge in [-0.25, -0.2) is 4.68 Å². The molecule has 0 radical (unpaired) electrons. The number of nitrogens with zero attached hydrogens (tertiary/aromatic N) is 3. The summed E-state index contributed by atoms with van der Waals surface area (Å²) in [4.78, 5) is 15.0. The van der Waals surface area contributed by atoms with E-state index in [1.54, 1.807) is 10.8 Å². The van der Waals surface area contributed by atoms with E-state index in [1.165, 1.54) is 13.3 Å². The van der Waals surface area contributed by atoms with Gasteiger partial charge in [0.05, 0.1) is 6.54 Å². The number of hydrogen-bond donors (Lipinski definition) is 1. The van der Waals surface area contributed by atoms with Gasteiger partial charge in [0.25, 0.3) is 0 Å². The minimum atomic E-state index is -0.161. The van der Waals surface area contributed by atoms with Gasteiger partial charge in [-0.15, -0.1) is 0 Å². The summed E-state index contributed by atoms with van der Waals surface area (Å²) in [7, 11) is 0. The molecule has 0 unspecified atom stereocenters. The minimum absolute atomic E-state index is 0.161. The first-order chi connectivity index (χ1) is 8.69. The molecule has 0 aliphatic rings. The normalized spacial score (nSPS) is 10.1. The zero-order chi connectivity index (χ0) is 13.0. The number of nitrogens with one attached hydrogen (secondary N) is 1. The van der Waals surface area contributed by atoms with Gasteiger partial charge in [0.1, 0.15) is 6.33 Å². The average molecular weight is 242 g/mol. The van der Waals surface area contributed by atoms with E-state index in [0.29, 0.717) is 12.5 Å². The number of rotatable bonds is 4. The fraction of sp³-hybridized carbons (Fsp3) is 0.154. The maximum absolute atomic E-state index is 11.0. The van der Waals surface area contributed by atoms with E-state index in [4.69, 9.17) is 0 Å². The van der Waals surface area contributed by atoms with Gasteiger partial charge in [0.2, 0.25) is 11.9 Å². The van der Waals surface area contributed by atoms with Crippen LogP contribution < -0.4 is 5.32 Å². The lowest BCUT2D eigenvalue weighted by Gasteiger charge is -2.06. The molecule has 0 saturated heterocycles. The van der Waals surface area contributed by atoms with Gasteiger partial charge in [-0.1, -0.05) is 36.9 Å². The summed E-state index contributed by atoms with van der Waals surface area (Å²) in [6, 6.07) is 7.96. The molecule has 0 aliphatic heterocycles. The van der Waals surface area contributed by atoms with Gasteiger partial charge in [0.15, 0.2) is 0 Å². The number of aromatic nitrogens is 3. The Kier molecular flexibility index (Phi) is 3.52. The molecule has 92 valence electrons. The molecule has 1 heterocycles. The maximum Gasteiger partial charge on any atom is 0.228 e. The van der Waals surface area contributed by atoms with Crippen LogP contribution in [-0.4, -0.2) is 20.7 Å². The van der Waals surface area contributed by atoms with Gasteiger partial charge in [0, 0.05) is 6.92 Å². The van der Waals surface area contributed by atoms with E-state index in [9.17, 15) is 4.79 Å². The predicted octanol–water partition coefficient (Wildman–Crippen LogP) is 1.93. The summed E-state index contributed by atoms with van der Waals surface area (Å²) in [6.07, 6.45) is 3.21. The van der Waals surface area contributed by atoms with E-state index in [0.717, 1.165) is 11.1 Å². The van der Waals surface area contributed by atoms with Crippen molar-refractivity contribution in [1.29, 1.82) is 0 Å². The van der Waals surface area contributed by atoms with Crippen LogP contribution in [-0.2, 0) is 11.3 Å². The predicted molar refractivity (Wildman–Crippen MR) is 70.0 cm³/mol. The Labute approximate surface area is 105 Å². The zero-order valence-electron chi connectivity index (χ0n) is 10.1. The molecular weight excluding hydrogens is 228 g/mol. The number of hydrogen-bond acceptors (Lipinski definition) is 3. The summed E-state index contributed by atoms with van der Waals surface area (Å²) in [5, 5.41) is 6.71. The molecule has 0 spiro atoms. The lowest BCUT2D eigenvalue weighted by atomic mass is 10.1. The molecule has 2 aromatic rings. The van der Waals surface area contributed by atoms with Crippen LogP contribution >= 0.6 is 0 Å². The Bertz CT molecular complexity index is 557. The molecule has 0 fully saturated rings. The van der Waals surface area contributed by atoms with Crippen molar-refractivity contribution < 1.29 is 4.79 Å². The third-order valence-corrected chi connectivity index (χ3v) is 2.45. The Hall–Kier alpha value is -2.43. The van der Waals surface area contributed by atoms with Crippen LogP contribution in [0.3, 0.4) is 0 Å². The summed E-state index contributed by atoms with van der Waals surface area (Å²) in [5.74, 6) is 0.293. The van der Waals surface area contributed by atoms with Crippen LogP contribution in [0.2, 0.25) is 0 Å². The molecule has 5 heteroatoms. The molecule has 1 aromatic heterocycles. The first-order valence-corrected chi connectivity index (χ1v) is 5.56. The smallest absolute Gasteiger partial charge is 0.228 e. The number of carbonyl (C=O) groups is 1. The highest BCUT2D eigenvalue weighted by molar-refractivity contribution is 5.86. The SMILES string of the molecule is C=Cc1ccc(Cn2ncnc2NC(C)=O)cc1. The second-order valence-electron chi connectivity index (χ2n) is 3.87. The Morgan fingerprint density at radius 3 is 2.78 bits per heavy atom. The summed E-state index contributed by atoms with van der Waals surface area (Å²) >= 11 is 0. The van der Waals surface area contributed by atoms with E-state index < -0.39 is 0 Å². The van der Waals surface area contributed by atoms with Crippen molar-refractivity contribution in [1.82, 2.24) is 14.8 Å². The number of benzene rings is 1. The highest BCUT2D eigenvalue weighted by Crippen LogP contribution is 2.09. The molecule has 1 aromatic carbocycles. The summed E-state index contributed by atoms with van der Waals surface area (Å²) in [5.41, 5.74) is 2.15. The Balaban J connectivity index is 2.15. The van der Waals surface area contributed by atoms with Crippen molar-refractivity contribution in [2.45, 2.75) is 13.5 Å². The highest BCUT2D eigenvalue weighted by atomic mass is 16.1. The fourth-order valence-electron chi connectivity index (χ4n) is 1.57. The van der Waals surface area contributed by atoms with Gasteiger partial charge in [-0.2, -0.15) is 10.1 Å². The molecule has 5 nitrogen and oxygen atoms in total. The van der Waals surface area contributed by atoms with Crippen LogP contribution in [0.4, 0.5) is 5.95 Å². The molecule has 0 saturated carbocycles. The largest absolute Gasteiger partial charge is 0.295 e. The molecule has 0 atom stereocenters. The zero-order valence-corrected chi connectivity index (χ0v) is 10.1. The molecule has 0 bridgehead atoms. The standard InChI is InChI=1S/C13H14N4O/c1-3-11-4-6-12(7-5-11)8-17-13(14-9-15-17)16-10(2)18/h3-7,9H,1,8H2,2H3,(H,14,15,16,18). The third kappa shape index (κ3) is 2.82. The Morgan fingerprint density at radius 2 is 2.17 bits per heavy atom. The quantitative estimate of drug-likeness (QED) is 0.891. The maximum atomic E-state index is 11.0. The monoisotopic (exact) mass is 242 g/mol. The number of carbonyl (C=O) groups excluding carboxylic acids is 1. The molecule has 0 aliphatic carbocycles. The van der Waals surface area contributed by atoms with Crippen molar-refractivity contribution in [2.75, 3.05) is 5.32 Å². The van der Waals surface area contributed by atoms with Gasteiger partial charge < -0.3 is 0 Å². The van der Waals surface area contributed by atoms with Crippen molar-refractivity contribution in [3.63, 3.8) is 0 Å².